The molecule has 0 aliphatic carbocycles. The summed E-state index contributed by atoms with van der Waals surface area (Å²) < 4.78 is 10.9. The minimum absolute atomic E-state index is 0.110. The molecule has 1 saturated heterocycles. The lowest BCUT2D eigenvalue weighted by molar-refractivity contribution is -0.386. The molecule has 1 N–H and O–H groups in total. The van der Waals surface area contributed by atoms with Crippen molar-refractivity contribution in [3.63, 3.8) is 0 Å². The van der Waals surface area contributed by atoms with Crippen LogP contribution in [0.25, 0.3) is 0 Å². The van der Waals surface area contributed by atoms with E-state index in [1.54, 1.807) is 6.07 Å². The number of methoxy groups -OCH3 is 1. The molecule has 0 spiro atoms. The predicted octanol–water partition coefficient (Wildman–Crippen LogP) is 1.64. The third-order valence-electron chi connectivity index (χ3n) is 2.99. The second-order valence-electron chi connectivity index (χ2n) is 4.33. The molecule has 0 amide bonds. The molecular formula is C12H13BrN2O5. The second kappa shape index (κ2) is 6.19. The van der Waals surface area contributed by atoms with Crippen LogP contribution in [-0.2, 0) is 9.53 Å². The number of nitrogens with zero attached hydrogens (tertiary/aromatic N) is 1. The fourth-order valence-electron chi connectivity index (χ4n) is 2.03. The van der Waals surface area contributed by atoms with E-state index < -0.39 is 11.0 Å². The number of nitro benzene ring substituents is 1. The number of carbonyl (C=O) groups excluding carboxylic acids is 1. The molecule has 1 aliphatic heterocycles. The molecule has 108 valence electrons. The van der Waals surface area contributed by atoms with E-state index in [0.29, 0.717) is 17.4 Å². The maximum Gasteiger partial charge on any atom is 0.323 e. The number of benzene rings is 1. The van der Waals surface area contributed by atoms with Gasteiger partial charge in [0.15, 0.2) is 5.75 Å². The number of nitro groups is 1. The maximum absolute atomic E-state index is 11.4. The molecule has 1 aromatic carbocycles. The topological polar surface area (TPSA) is 90.7 Å². The van der Waals surface area contributed by atoms with Crippen LogP contribution in [0, 0.1) is 10.1 Å². The third-order valence-corrected chi connectivity index (χ3v) is 3.48. The van der Waals surface area contributed by atoms with Crippen molar-refractivity contribution in [3.8, 4) is 5.75 Å². The summed E-state index contributed by atoms with van der Waals surface area (Å²) in [6.07, 6.45) is 0.110. The largest absolute Gasteiger partial charge is 0.482 e. The number of carbonyl (C=O) groups is 1. The summed E-state index contributed by atoms with van der Waals surface area (Å²) >= 11 is 3.18. The van der Waals surface area contributed by atoms with E-state index >= 15 is 0 Å². The van der Waals surface area contributed by atoms with E-state index in [0.717, 1.165) is 0 Å². The van der Waals surface area contributed by atoms with Crippen LogP contribution in [0.5, 0.6) is 5.75 Å². The lowest BCUT2D eigenvalue weighted by atomic mass is 10.2. The standard InChI is InChI=1S/C12H13BrN2O5/c1-19-12(16)9-5-8(6-14-9)20-11-3-2-7(13)4-10(11)15(17)18/h2-4,8-9,14H,5-6H2,1H3/t8-,9-/m0/s1. The van der Waals surface area contributed by atoms with Crippen LogP contribution in [0.15, 0.2) is 22.7 Å². The Hall–Kier alpha value is -1.67. The number of esters is 1. The maximum atomic E-state index is 11.4. The summed E-state index contributed by atoms with van der Waals surface area (Å²) in [5.41, 5.74) is -0.110. The monoisotopic (exact) mass is 344 g/mol. The molecule has 1 aliphatic rings. The van der Waals surface area contributed by atoms with Gasteiger partial charge in [-0.05, 0) is 12.1 Å². The first kappa shape index (κ1) is 14.7. The summed E-state index contributed by atoms with van der Waals surface area (Å²) in [5.74, 6) is -0.170. The highest BCUT2D eigenvalue weighted by molar-refractivity contribution is 9.10. The molecule has 0 bridgehead atoms. The molecule has 8 heteroatoms. The van der Waals surface area contributed by atoms with Crippen molar-refractivity contribution in [3.05, 3.63) is 32.8 Å². The van der Waals surface area contributed by atoms with E-state index in [1.807, 2.05) is 0 Å². The van der Waals surface area contributed by atoms with Gasteiger partial charge < -0.3 is 14.8 Å². The van der Waals surface area contributed by atoms with Gasteiger partial charge in [-0.25, -0.2) is 0 Å². The van der Waals surface area contributed by atoms with E-state index in [2.05, 4.69) is 26.0 Å². The summed E-state index contributed by atoms with van der Waals surface area (Å²) in [6.45, 7) is 0.437. The van der Waals surface area contributed by atoms with Gasteiger partial charge in [-0.3, -0.25) is 14.9 Å². The molecule has 1 heterocycles. The third kappa shape index (κ3) is 3.26. The second-order valence-corrected chi connectivity index (χ2v) is 5.24. The van der Waals surface area contributed by atoms with Crippen molar-refractivity contribution in [2.24, 2.45) is 0 Å². The van der Waals surface area contributed by atoms with Crippen molar-refractivity contribution in [2.75, 3.05) is 13.7 Å². The zero-order valence-corrected chi connectivity index (χ0v) is 12.3. The van der Waals surface area contributed by atoms with Crippen LogP contribution >= 0.6 is 15.9 Å². The summed E-state index contributed by atoms with van der Waals surface area (Å²) in [7, 11) is 1.32. The van der Waals surface area contributed by atoms with Gasteiger partial charge in [0.2, 0.25) is 0 Å². The zero-order valence-electron chi connectivity index (χ0n) is 10.7. The summed E-state index contributed by atoms with van der Waals surface area (Å²) in [4.78, 5) is 21.9. The molecule has 1 aromatic rings. The Morgan fingerprint density at radius 3 is 2.95 bits per heavy atom. The van der Waals surface area contributed by atoms with Gasteiger partial charge in [0.25, 0.3) is 0 Å². The van der Waals surface area contributed by atoms with Gasteiger partial charge in [0.05, 0.1) is 12.0 Å². The summed E-state index contributed by atoms with van der Waals surface area (Å²) in [6, 6.07) is 4.16. The van der Waals surface area contributed by atoms with Gasteiger partial charge in [0.1, 0.15) is 12.1 Å². The van der Waals surface area contributed by atoms with Crippen LogP contribution in [0.3, 0.4) is 0 Å². The fourth-order valence-corrected chi connectivity index (χ4v) is 2.38. The number of hydrogen-bond acceptors (Lipinski definition) is 6. The number of rotatable bonds is 4. The Balaban J connectivity index is 2.08. The van der Waals surface area contributed by atoms with Gasteiger partial charge in [-0.15, -0.1) is 0 Å². The van der Waals surface area contributed by atoms with Gasteiger partial charge in [-0.1, -0.05) is 15.9 Å². The number of nitrogens with one attached hydrogen (secondary N) is 1. The lowest BCUT2D eigenvalue weighted by Gasteiger charge is -2.13. The van der Waals surface area contributed by atoms with Crippen LogP contribution in [0.1, 0.15) is 6.42 Å². The van der Waals surface area contributed by atoms with Crippen molar-refractivity contribution in [1.82, 2.24) is 5.32 Å². The molecule has 7 nitrogen and oxygen atoms in total. The van der Waals surface area contributed by atoms with Gasteiger partial charge >= 0.3 is 11.7 Å². The quantitative estimate of drug-likeness (QED) is 0.507. The number of halogens is 1. The first-order valence-electron chi connectivity index (χ1n) is 5.93. The van der Waals surface area contributed by atoms with Crippen molar-refractivity contribution < 1.29 is 19.2 Å². The van der Waals surface area contributed by atoms with E-state index in [4.69, 9.17) is 4.74 Å². The van der Waals surface area contributed by atoms with Crippen molar-refractivity contribution >= 4 is 27.6 Å². The highest BCUT2D eigenvalue weighted by Gasteiger charge is 2.32. The Labute approximate surface area is 123 Å². The van der Waals surface area contributed by atoms with Crippen molar-refractivity contribution in [1.29, 1.82) is 0 Å². The molecule has 0 radical (unpaired) electrons. The fraction of sp³-hybridized carbons (Fsp3) is 0.417. The average Bonchev–Trinajstić information content (AvgIpc) is 2.88. The highest BCUT2D eigenvalue weighted by Crippen LogP contribution is 2.31. The molecular weight excluding hydrogens is 332 g/mol. The molecule has 0 unspecified atom stereocenters. The van der Waals surface area contributed by atoms with E-state index in [-0.39, 0.29) is 23.5 Å². The molecule has 0 saturated carbocycles. The minimum atomic E-state index is -0.500. The van der Waals surface area contributed by atoms with Crippen molar-refractivity contribution in [2.45, 2.75) is 18.6 Å². The van der Waals surface area contributed by atoms with Gasteiger partial charge in [0, 0.05) is 23.5 Å². The SMILES string of the molecule is COC(=O)[C@@H]1C[C@H](Oc2ccc(Br)cc2[N+](=O)[O-])CN1. The Kier molecular flexibility index (Phi) is 4.56. The van der Waals surface area contributed by atoms with E-state index in [1.165, 1.54) is 19.2 Å². The summed E-state index contributed by atoms with van der Waals surface area (Å²) in [5, 5.41) is 13.9. The molecule has 2 rings (SSSR count). The van der Waals surface area contributed by atoms with Crippen LogP contribution in [-0.4, -0.2) is 36.7 Å². The van der Waals surface area contributed by atoms with E-state index in [9.17, 15) is 14.9 Å². The Morgan fingerprint density at radius 1 is 1.55 bits per heavy atom. The van der Waals surface area contributed by atoms with Crippen LogP contribution in [0.4, 0.5) is 5.69 Å². The van der Waals surface area contributed by atoms with Crippen LogP contribution in [0.2, 0.25) is 0 Å². The Bertz CT molecular complexity index is 537. The predicted molar refractivity (Wildman–Crippen MR) is 73.6 cm³/mol. The van der Waals surface area contributed by atoms with Crippen LogP contribution < -0.4 is 10.1 Å². The lowest BCUT2D eigenvalue weighted by Crippen LogP contribution is -2.31. The number of ether oxygens (including phenoxy) is 2. The Morgan fingerprint density at radius 2 is 2.30 bits per heavy atom. The number of hydrogen-bond donors (Lipinski definition) is 1. The first-order valence-corrected chi connectivity index (χ1v) is 6.72. The average molecular weight is 345 g/mol. The first-order chi connectivity index (χ1) is 9.51. The molecule has 0 aromatic heterocycles. The molecule has 1 fully saturated rings. The zero-order chi connectivity index (χ0) is 14.7. The highest BCUT2D eigenvalue weighted by atomic mass is 79.9. The smallest absolute Gasteiger partial charge is 0.323 e. The molecule has 2 atom stereocenters. The van der Waals surface area contributed by atoms with Gasteiger partial charge in [-0.2, -0.15) is 0 Å². The minimum Gasteiger partial charge on any atom is -0.482 e. The molecule has 20 heavy (non-hydrogen) atoms. The normalized spacial score (nSPS) is 21.5.